The molecule has 0 aliphatic heterocycles. The molecule has 24 heavy (non-hydrogen) atoms. The quantitative estimate of drug-likeness (QED) is 0.774. The number of hydrogen-bond acceptors (Lipinski definition) is 3. The summed E-state index contributed by atoms with van der Waals surface area (Å²) in [6, 6.07) is 17.8. The molecular weight excluding hydrogens is 318 g/mol. The van der Waals surface area contributed by atoms with E-state index >= 15 is 0 Å². The molecule has 3 rings (SSSR count). The van der Waals surface area contributed by atoms with Crippen molar-refractivity contribution in [2.24, 2.45) is 0 Å². The summed E-state index contributed by atoms with van der Waals surface area (Å²) in [6.45, 7) is 1.65. The van der Waals surface area contributed by atoms with Crippen LogP contribution in [0.25, 0.3) is 0 Å². The van der Waals surface area contributed by atoms with Gasteiger partial charge in [-0.05, 0) is 42.7 Å². The van der Waals surface area contributed by atoms with E-state index in [1.165, 1.54) is 30.6 Å². The van der Waals surface area contributed by atoms with Crippen LogP contribution >= 0.6 is 11.8 Å². The molecular formula is C20H23NO2S. The largest absolute Gasteiger partial charge is 0.478 e. The predicted molar refractivity (Wildman–Crippen MR) is 98.6 cm³/mol. The Bertz CT molecular complexity index is 681. The highest BCUT2D eigenvalue weighted by molar-refractivity contribution is 8.00. The molecule has 2 N–H and O–H groups in total. The van der Waals surface area contributed by atoms with Gasteiger partial charge in [-0.25, -0.2) is 4.79 Å². The van der Waals surface area contributed by atoms with Gasteiger partial charge < -0.3 is 10.4 Å². The van der Waals surface area contributed by atoms with Crippen molar-refractivity contribution in [1.29, 1.82) is 0 Å². The minimum Gasteiger partial charge on any atom is -0.478 e. The van der Waals surface area contributed by atoms with Crippen LogP contribution in [0.1, 0.15) is 41.6 Å². The first kappa shape index (κ1) is 17.1. The Morgan fingerprint density at radius 1 is 1.08 bits per heavy atom. The van der Waals surface area contributed by atoms with E-state index in [1.54, 1.807) is 12.1 Å². The SMILES string of the molecule is O=C(O)c1cccc(CNCC2(Sc3ccccc3)CCCC2)c1. The van der Waals surface area contributed by atoms with Crippen LogP contribution in [0.5, 0.6) is 0 Å². The van der Waals surface area contributed by atoms with Gasteiger partial charge in [0.2, 0.25) is 0 Å². The second kappa shape index (κ2) is 7.86. The zero-order chi connectivity index (χ0) is 16.8. The van der Waals surface area contributed by atoms with Gasteiger partial charge in [-0.1, -0.05) is 43.2 Å². The van der Waals surface area contributed by atoms with Crippen molar-refractivity contribution >= 4 is 17.7 Å². The summed E-state index contributed by atoms with van der Waals surface area (Å²) < 4.78 is 0.256. The van der Waals surface area contributed by atoms with E-state index in [9.17, 15) is 4.79 Å². The number of carboxylic acids is 1. The third-order valence-corrected chi connectivity index (χ3v) is 6.04. The van der Waals surface area contributed by atoms with Crippen LogP contribution in [-0.4, -0.2) is 22.4 Å². The normalized spacial score (nSPS) is 16.2. The van der Waals surface area contributed by atoms with Crippen molar-refractivity contribution in [1.82, 2.24) is 5.32 Å². The number of aromatic carboxylic acids is 1. The van der Waals surface area contributed by atoms with Gasteiger partial charge in [0, 0.05) is 22.7 Å². The maximum Gasteiger partial charge on any atom is 0.335 e. The van der Waals surface area contributed by atoms with Crippen molar-refractivity contribution in [3.05, 3.63) is 65.7 Å². The molecule has 1 aliphatic rings. The smallest absolute Gasteiger partial charge is 0.335 e. The Hall–Kier alpha value is -1.78. The van der Waals surface area contributed by atoms with E-state index in [4.69, 9.17) is 5.11 Å². The molecule has 0 atom stereocenters. The standard InChI is InChI=1S/C20H23NO2S/c22-19(23)17-8-6-7-16(13-17)14-21-15-20(11-4-5-12-20)24-18-9-2-1-3-10-18/h1-3,6-10,13,21H,4-5,11-12,14-15H2,(H,22,23). The third-order valence-electron chi connectivity index (χ3n) is 4.54. The lowest BCUT2D eigenvalue weighted by atomic mass is 10.1. The monoisotopic (exact) mass is 341 g/mol. The van der Waals surface area contributed by atoms with Gasteiger partial charge in [-0.2, -0.15) is 0 Å². The maximum atomic E-state index is 11.1. The molecule has 0 saturated heterocycles. The zero-order valence-electron chi connectivity index (χ0n) is 13.7. The number of rotatable bonds is 7. The summed E-state index contributed by atoms with van der Waals surface area (Å²) in [5, 5.41) is 12.6. The average molecular weight is 341 g/mol. The fraction of sp³-hybridized carbons (Fsp3) is 0.350. The molecule has 126 valence electrons. The van der Waals surface area contributed by atoms with Gasteiger partial charge in [0.1, 0.15) is 0 Å². The van der Waals surface area contributed by atoms with Crippen LogP contribution < -0.4 is 5.32 Å². The summed E-state index contributed by atoms with van der Waals surface area (Å²) in [7, 11) is 0. The Morgan fingerprint density at radius 3 is 2.54 bits per heavy atom. The predicted octanol–water partition coefficient (Wildman–Crippen LogP) is 4.58. The molecule has 0 amide bonds. The fourth-order valence-corrected chi connectivity index (χ4v) is 4.78. The molecule has 0 aromatic heterocycles. The number of benzene rings is 2. The highest BCUT2D eigenvalue weighted by Gasteiger charge is 2.34. The summed E-state index contributed by atoms with van der Waals surface area (Å²) in [5.41, 5.74) is 1.37. The van der Waals surface area contributed by atoms with Crippen molar-refractivity contribution < 1.29 is 9.90 Å². The average Bonchev–Trinajstić information content (AvgIpc) is 3.04. The summed E-state index contributed by atoms with van der Waals surface area (Å²) in [4.78, 5) is 12.4. The Kier molecular flexibility index (Phi) is 5.59. The first-order chi connectivity index (χ1) is 11.7. The number of carbonyl (C=O) groups is 1. The first-order valence-corrected chi connectivity index (χ1v) is 9.26. The van der Waals surface area contributed by atoms with Crippen LogP contribution in [-0.2, 0) is 6.54 Å². The van der Waals surface area contributed by atoms with Crippen LogP contribution in [0.4, 0.5) is 0 Å². The first-order valence-electron chi connectivity index (χ1n) is 8.44. The van der Waals surface area contributed by atoms with E-state index in [0.717, 1.165) is 12.1 Å². The maximum absolute atomic E-state index is 11.1. The number of hydrogen-bond donors (Lipinski definition) is 2. The molecule has 0 heterocycles. The second-order valence-corrected chi connectivity index (χ2v) is 7.96. The minimum atomic E-state index is -0.872. The number of thioether (sulfide) groups is 1. The summed E-state index contributed by atoms with van der Waals surface area (Å²) in [6.07, 6.45) is 5.04. The Labute approximate surface area is 147 Å². The second-order valence-electron chi connectivity index (χ2n) is 6.41. The van der Waals surface area contributed by atoms with Gasteiger partial charge in [-0.15, -0.1) is 11.8 Å². The van der Waals surface area contributed by atoms with Gasteiger partial charge in [0.15, 0.2) is 0 Å². The summed E-state index contributed by atoms with van der Waals surface area (Å²) >= 11 is 1.99. The van der Waals surface area contributed by atoms with E-state index in [2.05, 4.69) is 35.6 Å². The zero-order valence-corrected chi connectivity index (χ0v) is 14.5. The lowest BCUT2D eigenvalue weighted by molar-refractivity contribution is 0.0696. The molecule has 0 spiro atoms. The number of carboxylic acid groups (broad SMARTS) is 1. The van der Waals surface area contributed by atoms with E-state index in [-0.39, 0.29) is 4.75 Å². The van der Waals surface area contributed by atoms with Crippen LogP contribution in [0.3, 0.4) is 0 Å². The Morgan fingerprint density at radius 2 is 1.83 bits per heavy atom. The lowest BCUT2D eigenvalue weighted by Crippen LogP contribution is -2.35. The van der Waals surface area contributed by atoms with Gasteiger partial charge in [0.25, 0.3) is 0 Å². The van der Waals surface area contributed by atoms with E-state index in [0.29, 0.717) is 12.1 Å². The highest BCUT2D eigenvalue weighted by Crippen LogP contribution is 2.44. The molecule has 1 saturated carbocycles. The van der Waals surface area contributed by atoms with E-state index < -0.39 is 5.97 Å². The van der Waals surface area contributed by atoms with Crippen LogP contribution in [0.15, 0.2) is 59.5 Å². The lowest BCUT2D eigenvalue weighted by Gasteiger charge is -2.29. The van der Waals surface area contributed by atoms with Gasteiger partial charge >= 0.3 is 5.97 Å². The molecule has 2 aromatic rings. The molecule has 0 radical (unpaired) electrons. The molecule has 0 unspecified atom stereocenters. The third kappa shape index (κ3) is 4.40. The van der Waals surface area contributed by atoms with Gasteiger partial charge in [0.05, 0.1) is 5.56 Å². The van der Waals surface area contributed by atoms with Crippen LogP contribution in [0, 0.1) is 0 Å². The summed E-state index contributed by atoms with van der Waals surface area (Å²) in [5.74, 6) is -0.872. The van der Waals surface area contributed by atoms with E-state index in [1.807, 2.05) is 23.9 Å². The fourth-order valence-electron chi connectivity index (χ4n) is 3.32. The topological polar surface area (TPSA) is 49.3 Å². The van der Waals surface area contributed by atoms with Crippen molar-refractivity contribution in [2.45, 2.75) is 41.9 Å². The molecule has 1 fully saturated rings. The molecule has 1 aliphatic carbocycles. The molecule has 3 nitrogen and oxygen atoms in total. The molecule has 2 aromatic carbocycles. The van der Waals surface area contributed by atoms with Crippen molar-refractivity contribution in [3.8, 4) is 0 Å². The number of nitrogens with one attached hydrogen (secondary N) is 1. The molecule has 0 bridgehead atoms. The minimum absolute atomic E-state index is 0.256. The van der Waals surface area contributed by atoms with Crippen molar-refractivity contribution in [2.75, 3.05) is 6.54 Å². The van der Waals surface area contributed by atoms with Crippen LogP contribution in [0.2, 0.25) is 0 Å². The molecule has 4 heteroatoms. The van der Waals surface area contributed by atoms with Gasteiger partial charge in [-0.3, -0.25) is 0 Å². The van der Waals surface area contributed by atoms with Crippen molar-refractivity contribution in [3.63, 3.8) is 0 Å². The highest BCUT2D eigenvalue weighted by atomic mass is 32.2. The Balaban J connectivity index is 1.60.